The molecule has 0 amide bonds. The van der Waals surface area contributed by atoms with Crippen molar-refractivity contribution in [2.75, 3.05) is 6.67 Å². The zero-order chi connectivity index (χ0) is 8.10. The van der Waals surface area contributed by atoms with E-state index in [1.165, 1.54) is 19.3 Å². The molecule has 0 atom stereocenters. The van der Waals surface area contributed by atoms with E-state index in [9.17, 15) is 0 Å². The summed E-state index contributed by atoms with van der Waals surface area (Å²) in [4.78, 5) is 0. The molecule has 0 saturated heterocycles. The summed E-state index contributed by atoms with van der Waals surface area (Å²) in [7, 11) is 0. The van der Waals surface area contributed by atoms with Gasteiger partial charge in [-0.05, 0) is 6.42 Å². The maximum absolute atomic E-state index is 5.60. The van der Waals surface area contributed by atoms with Crippen molar-refractivity contribution in [3.63, 3.8) is 0 Å². The fourth-order valence-electron chi connectivity index (χ4n) is 1.09. The number of unbranched alkanes of at least 4 members (excludes halogenated alkanes) is 2. The van der Waals surface area contributed by atoms with E-state index in [1.807, 2.05) is 0 Å². The predicted molar refractivity (Wildman–Crippen MR) is 45.6 cm³/mol. The third-order valence-electron chi connectivity index (χ3n) is 1.78. The maximum Gasteiger partial charge on any atom is 0.140 e. The highest BCUT2D eigenvalue weighted by molar-refractivity contribution is 5.82. The van der Waals surface area contributed by atoms with Crippen molar-refractivity contribution in [3.05, 3.63) is 0 Å². The monoisotopic (exact) mass is 156 g/mol. The quantitative estimate of drug-likeness (QED) is 0.463. The molecule has 0 fully saturated rings. The Morgan fingerprint density at radius 2 is 2.45 bits per heavy atom. The van der Waals surface area contributed by atoms with E-state index in [0.29, 0.717) is 6.67 Å². The Hall–Kier alpha value is -0.770. The first-order valence-electron chi connectivity index (χ1n) is 4.16. The Kier molecular flexibility index (Phi) is 3.16. The number of nitrogens with two attached hydrogens (primary N) is 1. The molecule has 0 aromatic rings. The number of hydrazine groups is 1. The Balaban J connectivity index is 2.15. The van der Waals surface area contributed by atoms with E-state index in [1.54, 1.807) is 5.01 Å². The Morgan fingerprint density at radius 1 is 1.64 bits per heavy atom. The first-order valence-corrected chi connectivity index (χ1v) is 4.16. The molecule has 1 aliphatic heterocycles. The number of hydrogen-bond acceptors (Lipinski definition) is 4. The van der Waals surface area contributed by atoms with Crippen molar-refractivity contribution >= 4 is 5.84 Å². The van der Waals surface area contributed by atoms with Crippen LogP contribution >= 0.6 is 0 Å². The average Bonchev–Trinajstić information content (AvgIpc) is 2.37. The summed E-state index contributed by atoms with van der Waals surface area (Å²) in [5, 5.41) is 5.72. The van der Waals surface area contributed by atoms with Crippen LogP contribution in [-0.4, -0.2) is 17.5 Å². The molecule has 1 heterocycles. The number of nitrogens with zero attached hydrogens (tertiary/aromatic N) is 2. The largest absolute Gasteiger partial charge is 0.287 e. The summed E-state index contributed by atoms with van der Waals surface area (Å²) in [5.41, 5.74) is 2.84. The molecular weight excluding hydrogens is 140 g/mol. The van der Waals surface area contributed by atoms with Crippen molar-refractivity contribution < 1.29 is 0 Å². The summed E-state index contributed by atoms with van der Waals surface area (Å²) < 4.78 is 0. The molecule has 0 saturated carbocycles. The first kappa shape index (κ1) is 8.33. The van der Waals surface area contributed by atoms with E-state index < -0.39 is 0 Å². The summed E-state index contributed by atoms with van der Waals surface area (Å²) in [5.74, 6) is 6.59. The highest BCUT2D eigenvalue weighted by Gasteiger charge is 2.11. The number of rotatable bonds is 4. The highest BCUT2D eigenvalue weighted by atomic mass is 15.6. The summed E-state index contributed by atoms with van der Waals surface area (Å²) >= 11 is 0. The first-order chi connectivity index (χ1) is 5.34. The van der Waals surface area contributed by atoms with Gasteiger partial charge in [0.2, 0.25) is 0 Å². The normalized spacial score (nSPS) is 16.5. The molecular formula is C7H16N4. The second-order valence-electron chi connectivity index (χ2n) is 2.77. The second-order valence-corrected chi connectivity index (χ2v) is 2.77. The Morgan fingerprint density at radius 3 is 3.00 bits per heavy atom. The molecule has 4 heteroatoms. The molecule has 0 aromatic heterocycles. The van der Waals surface area contributed by atoms with Crippen LogP contribution in [-0.2, 0) is 0 Å². The highest BCUT2D eigenvalue weighted by Crippen LogP contribution is 2.03. The van der Waals surface area contributed by atoms with Gasteiger partial charge in [-0.2, -0.15) is 5.10 Å². The topological polar surface area (TPSA) is 53.7 Å². The van der Waals surface area contributed by atoms with Crippen LogP contribution in [0.25, 0.3) is 0 Å². The minimum absolute atomic E-state index is 0.654. The van der Waals surface area contributed by atoms with Gasteiger partial charge in [0.15, 0.2) is 0 Å². The number of hydrazone groups is 1. The second kappa shape index (κ2) is 4.18. The van der Waals surface area contributed by atoms with Crippen molar-refractivity contribution in [3.8, 4) is 0 Å². The number of amidine groups is 1. The number of hydrogen-bond donors (Lipinski definition) is 2. The standard InChI is InChI=1S/C7H16N4/c1-2-3-4-5-7-10-9-6-11(7)8/h9H,2-6,8H2,1H3. The Labute approximate surface area is 67.4 Å². The van der Waals surface area contributed by atoms with Gasteiger partial charge in [0.05, 0.1) is 0 Å². The van der Waals surface area contributed by atoms with E-state index >= 15 is 0 Å². The van der Waals surface area contributed by atoms with Crippen LogP contribution in [0.2, 0.25) is 0 Å². The van der Waals surface area contributed by atoms with Gasteiger partial charge in [0.25, 0.3) is 0 Å². The van der Waals surface area contributed by atoms with Crippen molar-refractivity contribution in [2.45, 2.75) is 32.6 Å². The lowest BCUT2D eigenvalue weighted by Gasteiger charge is -2.10. The van der Waals surface area contributed by atoms with Gasteiger partial charge in [-0.3, -0.25) is 10.4 Å². The smallest absolute Gasteiger partial charge is 0.140 e. The molecule has 3 N–H and O–H groups in total. The average molecular weight is 156 g/mol. The van der Waals surface area contributed by atoms with Crippen LogP contribution < -0.4 is 11.3 Å². The maximum atomic E-state index is 5.60. The lowest BCUT2D eigenvalue weighted by Crippen LogP contribution is -2.35. The van der Waals surface area contributed by atoms with Crippen LogP contribution in [0, 0.1) is 0 Å². The van der Waals surface area contributed by atoms with E-state index in [2.05, 4.69) is 17.5 Å². The van der Waals surface area contributed by atoms with Crippen LogP contribution in [0.4, 0.5) is 0 Å². The molecule has 0 aromatic carbocycles. The fraction of sp³-hybridized carbons (Fsp3) is 0.857. The molecule has 0 aliphatic carbocycles. The molecule has 0 radical (unpaired) electrons. The molecule has 1 aliphatic rings. The van der Waals surface area contributed by atoms with Crippen molar-refractivity contribution in [2.24, 2.45) is 10.9 Å². The summed E-state index contributed by atoms with van der Waals surface area (Å²) in [6.45, 7) is 2.84. The van der Waals surface area contributed by atoms with Gasteiger partial charge in [0.1, 0.15) is 12.5 Å². The molecule has 0 bridgehead atoms. The summed E-state index contributed by atoms with van der Waals surface area (Å²) in [6, 6.07) is 0. The van der Waals surface area contributed by atoms with Gasteiger partial charge in [-0.1, -0.05) is 19.8 Å². The van der Waals surface area contributed by atoms with Crippen LogP contribution in [0.5, 0.6) is 0 Å². The molecule has 0 unspecified atom stereocenters. The predicted octanol–water partition coefficient (Wildman–Crippen LogP) is 0.617. The Bertz CT molecular complexity index is 143. The molecule has 1 rings (SSSR count). The minimum atomic E-state index is 0.654. The van der Waals surface area contributed by atoms with Crippen LogP contribution in [0.15, 0.2) is 5.10 Å². The van der Waals surface area contributed by atoms with E-state index in [4.69, 9.17) is 5.84 Å². The van der Waals surface area contributed by atoms with Gasteiger partial charge < -0.3 is 0 Å². The SMILES string of the molecule is CCCCCC1=NNCN1N. The molecule has 11 heavy (non-hydrogen) atoms. The third kappa shape index (κ3) is 2.38. The van der Waals surface area contributed by atoms with Crippen molar-refractivity contribution in [1.29, 1.82) is 0 Å². The van der Waals surface area contributed by atoms with Gasteiger partial charge in [-0.25, -0.2) is 5.84 Å². The molecule has 64 valence electrons. The zero-order valence-corrected chi connectivity index (χ0v) is 7.01. The van der Waals surface area contributed by atoms with Gasteiger partial charge >= 0.3 is 0 Å². The zero-order valence-electron chi connectivity index (χ0n) is 7.01. The third-order valence-corrected chi connectivity index (χ3v) is 1.78. The van der Waals surface area contributed by atoms with Crippen molar-refractivity contribution in [1.82, 2.24) is 10.4 Å². The van der Waals surface area contributed by atoms with E-state index in [-0.39, 0.29) is 0 Å². The minimum Gasteiger partial charge on any atom is -0.287 e. The van der Waals surface area contributed by atoms with E-state index in [0.717, 1.165) is 12.3 Å². The lowest BCUT2D eigenvalue weighted by atomic mass is 10.2. The van der Waals surface area contributed by atoms with Gasteiger partial charge in [-0.15, -0.1) is 0 Å². The van der Waals surface area contributed by atoms with Crippen LogP contribution in [0.1, 0.15) is 32.6 Å². The molecule has 4 nitrogen and oxygen atoms in total. The summed E-state index contributed by atoms with van der Waals surface area (Å²) in [6.07, 6.45) is 4.68. The molecule has 0 spiro atoms. The lowest BCUT2D eigenvalue weighted by molar-refractivity contribution is 0.437. The number of nitrogens with one attached hydrogen (secondary N) is 1. The van der Waals surface area contributed by atoms with Crippen LogP contribution in [0.3, 0.4) is 0 Å². The fourth-order valence-corrected chi connectivity index (χ4v) is 1.09. The van der Waals surface area contributed by atoms with Gasteiger partial charge in [0, 0.05) is 6.42 Å².